The van der Waals surface area contributed by atoms with Crippen molar-refractivity contribution in [3.63, 3.8) is 0 Å². The number of benzene rings is 2. The zero-order valence-corrected chi connectivity index (χ0v) is 10.7. The van der Waals surface area contributed by atoms with Crippen LogP contribution < -0.4 is 11.1 Å². The van der Waals surface area contributed by atoms with E-state index < -0.39 is 0 Å². The Morgan fingerprint density at radius 1 is 1.11 bits per heavy atom. The molecule has 90 valence electrons. The lowest BCUT2D eigenvalue weighted by Gasteiger charge is -2.24. The normalized spacial score (nSPS) is 14.1. The van der Waals surface area contributed by atoms with Crippen molar-refractivity contribution in [3.8, 4) is 0 Å². The van der Waals surface area contributed by atoms with E-state index in [2.05, 4.69) is 36.2 Å². The van der Waals surface area contributed by atoms with Crippen molar-refractivity contribution >= 4 is 23.1 Å². The van der Waals surface area contributed by atoms with E-state index >= 15 is 0 Å². The number of hydrogen-bond donors (Lipinski definition) is 2. The summed E-state index contributed by atoms with van der Waals surface area (Å²) in [6.45, 7) is 3.77. The zero-order chi connectivity index (χ0) is 12.5. The molecule has 2 nitrogen and oxygen atoms in total. The maximum absolute atomic E-state index is 6.07. The second kappa shape index (κ2) is 4.52. The number of anilines is 2. The van der Waals surface area contributed by atoms with Crippen molar-refractivity contribution in [2.24, 2.45) is 5.73 Å². The van der Waals surface area contributed by atoms with Gasteiger partial charge >= 0.3 is 0 Å². The van der Waals surface area contributed by atoms with Crippen molar-refractivity contribution in [3.05, 3.63) is 60.7 Å². The number of hydrogen-bond acceptors (Lipinski definition) is 3. The highest BCUT2D eigenvalue weighted by molar-refractivity contribution is 7.99. The predicted molar refractivity (Wildman–Crippen MR) is 77.4 cm³/mol. The molecular weight excluding hydrogens is 240 g/mol. The van der Waals surface area contributed by atoms with Crippen LogP contribution in [0.15, 0.2) is 64.9 Å². The molecule has 3 rings (SSSR count). The number of nitrogens with one attached hydrogen (secondary N) is 1. The molecule has 0 aliphatic carbocycles. The summed E-state index contributed by atoms with van der Waals surface area (Å²) in [4.78, 5) is 2.46. The molecule has 0 radical (unpaired) electrons. The average molecular weight is 254 g/mol. The summed E-state index contributed by atoms with van der Waals surface area (Å²) < 4.78 is 0. The molecule has 0 spiro atoms. The van der Waals surface area contributed by atoms with Gasteiger partial charge in [0.2, 0.25) is 0 Å². The number of rotatable bonds is 2. The Morgan fingerprint density at radius 3 is 2.72 bits per heavy atom. The van der Waals surface area contributed by atoms with E-state index in [9.17, 15) is 0 Å². The van der Waals surface area contributed by atoms with E-state index in [-0.39, 0.29) is 6.04 Å². The minimum atomic E-state index is -0.140. The minimum Gasteiger partial charge on any atom is -0.353 e. The summed E-state index contributed by atoms with van der Waals surface area (Å²) >= 11 is 1.77. The van der Waals surface area contributed by atoms with Gasteiger partial charge in [0, 0.05) is 15.8 Å². The largest absolute Gasteiger partial charge is 0.353 e. The van der Waals surface area contributed by atoms with Gasteiger partial charge in [-0.3, -0.25) is 0 Å². The number of para-hydroxylation sites is 2. The lowest BCUT2D eigenvalue weighted by Crippen LogP contribution is -2.11. The Morgan fingerprint density at radius 2 is 1.89 bits per heavy atom. The first-order valence-electron chi connectivity index (χ1n) is 5.84. The van der Waals surface area contributed by atoms with Crippen LogP contribution in [0.25, 0.3) is 0 Å². The fraction of sp³-hybridized carbons (Fsp3) is 0.0667. The van der Waals surface area contributed by atoms with Crippen LogP contribution in [0.3, 0.4) is 0 Å². The maximum atomic E-state index is 6.07. The van der Waals surface area contributed by atoms with Crippen molar-refractivity contribution in [1.82, 2.24) is 0 Å². The molecule has 18 heavy (non-hydrogen) atoms. The van der Waals surface area contributed by atoms with E-state index in [1.165, 1.54) is 9.79 Å². The summed E-state index contributed by atoms with van der Waals surface area (Å²) in [7, 11) is 0. The standard InChI is InChI=1S/C15H14N2S/c1-2-11(16)10-6-5-9-14-15(10)17-12-7-3-4-8-13(12)18-14/h2-9,11,17H,1,16H2. The molecule has 1 aliphatic rings. The molecular formula is C15H14N2S. The van der Waals surface area contributed by atoms with Gasteiger partial charge in [0.05, 0.1) is 11.4 Å². The van der Waals surface area contributed by atoms with Gasteiger partial charge in [0.25, 0.3) is 0 Å². The highest BCUT2D eigenvalue weighted by atomic mass is 32.2. The molecule has 2 aromatic rings. The number of nitrogens with two attached hydrogens (primary N) is 1. The lowest BCUT2D eigenvalue weighted by atomic mass is 10.0. The third-order valence-corrected chi connectivity index (χ3v) is 4.17. The second-order valence-corrected chi connectivity index (χ2v) is 5.29. The highest BCUT2D eigenvalue weighted by Crippen LogP contribution is 2.46. The van der Waals surface area contributed by atoms with Crippen LogP contribution in [0.1, 0.15) is 11.6 Å². The molecule has 2 aromatic carbocycles. The molecule has 1 heterocycles. The molecule has 1 unspecified atom stereocenters. The molecule has 1 atom stereocenters. The molecule has 0 amide bonds. The fourth-order valence-electron chi connectivity index (χ4n) is 2.08. The summed E-state index contributed by atoms with van der Waals surface area (Å²) in [6.07, 6.45) is 1.77. The van der Waals surface area contributed by atoms with Gasteiger partial charge in [-0.2, -0.15) is 0 Å². The third kappa shape index (κ3) is 1.82. The Kier molecular flexibility index (Phi) is 2.86. The van der Waals surface area contributed by atoms with E-state index in [1.807, 2.05) is 18.2 Å². The van der Waals surface area contributed by atoms with Gasteiger partial charge in [-0.25, -0.2) is 0 Å². The van der Waals surface area contributed by atoms with Crippen molar-refractivity contribution in [1.29, 1.82) is 0 Å². The molecule has 1 aliphatic heterocycles. The van der Waals surface area contributed by atoms with Crippen molar-refractivity contribution < 1.29 is 0 Å². The summed E-state index contributed by atoms with van der Waals surface area (Å²) in [5.41, 5.74) is 9.40. The molecule has 0 aromatic heterocycles. The van der Waals surface area contributed by atoms with Crippen LogP contribution in [0.4, 0.5) is 11.4 Å². The topological polar surface area (TPSA) is 38.0 Å². The van der Waals surface area contributed by atoms with Gasteiger partial charge < -0.3 is 11.1 Å². The SMILES string of the molecule is C=CC(N)c1cccc2c1Nc1ccccc1S2. The van der Waals surface area contributed by atoms with Gasteiger partial charge in [0.1, 0.15) is 0 Å². The molecule has 0 saturated heterocycles. The summed E-state index contributed by atoms with van der Waals surface area (Å²) in [5, 5.41) is 3.48. The molecule has 0 saturated carbocycles. The van der Waals surface area contributed by atoms with Gasteiger partial charge in [-0.05, 0) is 23.8 Å². The van der Waals surface area contributed by atoms with Crippen LogP contribution in [0, 0.1) is 0 Å². The van der Waals surface area contributed by atoms with Gasteiger partial charge in [0.15, 0.2) is 0 Å². The Bertz CT molecular complexity index is 607. The summed E-state index contributed by atoms with van der Waals surface area (Å²) in [6, 6.07) is 14.4. The van der Waals surface area contributed by atoms with Crippen LogP contribution in [0.5, 0.6) is 0 Å². The van der Waals surface area contributed by atoms with Crippen LogP contribution >= 0.6 is 11.8 Å². The van der Waals surface area contributed by atoms with E-state index in [0.29, 0.717) is 0 Å². The first-order valence-corrected chi connectivity index (χ1v) is 6.66. The molecule has 3 heteroatoms. The first kappa shape index (κ1) is 11.4. The molecule has 3 N–H and O–H groups in total. The van der Waals surface area contributed by atoms with Gasteiger partial charge in [-0.15, -0.1) is 6.58 Å². The summed E-state index contributed by atoms with van der Waals surface area (Å²) in [5.74, 6) is 0. The zero-order valence-electron chi connectivity index (χ0n) is 9.89. The predicted octanol–water partition coefficient (Wildman–Crippen LogP) is 4.08. The third-order valence-electron chi connectivity index (χ3n) is 3.04. The monoisotopic (exact) mass is 254 g/mol. The quantitative estimate of drug-likeness (QED) is 0.677. The van der Waals surface area contributed by atoms with E-state index in [4.69, 9.17) is 5.73 Å². The number of fused-ring (bicyclic) bond motifs is 2. The lowest BCUT2D eigenvalue weighted by molar-refractivity contribution is 0.911. The van der Waals surface area contributed by atoms with Crippen LogP contribution in [-0.2, 0) is 0 Å². The second-order valence-electron chi connectivity index (χ2n) is 4.21. The van der Waals surface area contributed by atoms with Gasteiger partial charge in [-0.1, -0.05) is 42.1 Å². The minimum absolute atomic E-state index is 0.140. The van der Waals surface area contributed by atoms with Crippen molar-refractivity contribution in [2.75, 3.05) is 5.32 Å². The van der Waals surface area contributed by atoms with Crippen LogP contribution in [0.2, 0.25) is 0 Å². The molecule has 0 fully saturated rings. The van der Waals surface area contributed by atoms with Crippen molar-refractivity contribution in [2.45, 2.75) is 15.8 Å². The average Bonchev–Trinajstić information content (AvgIpc) is 2.43. The Balaban J connectivity index is 2.10. The Labute approximate surface area is 111 Å². The maximum Gasteiger partial charge on any atom is 0.0578 e. The van der Waals surface area contributed by atoms with E-state index in [0.717, 1.165) is 16.9 Å². The van der Waals surface area contributed by atoms with Crippen LogP contribution in [-0.4, -0.2) is 0 Å². The highest BCUT2D eigenvalue weighted by Gasteiger charge is 2.19. The van der Waals surface area contributed by atoms with E-state index in [1.54, 1.807) is 17.8 Å². The first-order chi connectivity index (χ1) is 8.79. The molecule has 0 bridgehead atoms. The fourth-order valence-corrected chi connectivity index (χ4v) is 3.11. The smallest absolute Gasteiger partial charge is 0.0578 e. The Hall–Kier alpha value is -1.71.